The minimum absolute atomic E-state index is 0.175. The van der Waals surface area contributed by atoms with Crippen molar-refractivity contribution in [2.75, 3.05) is 48.3 Å². The van der Waals surface area contributed by atoms with E-state index in [1.807, 2.05) is 32.0 Å². The Bertz CT molecular complexity index is 2130. The average Bonchev–Trinajstić information content (AvgIpc) is 3.56. The number of carbonyl (C=O) groups is 2. The van der Waals surface area contributed by atoms with Gasteiger partial charge in [0.1, 0.15) is 0 Å². The molecule has 1 fully saturated rings. The van der Waals surface area contributed by atoms with Gasteiger partial charge >= 0.3 is 244 Å². The molecule has 1 aliphatic rings. The van der Waals surface area contributed by atoms with Crippen LogP contribution in [0, 0.1) is 13.8 Å². The zero-order chi connectivity index (χ0) is 35.2. The van der Waals surface area contributed by atoms with E-state index in [0.717, 1.165) is 24.5 Å². The van der Waals surface area contributed by atoms with Gasteiger partial charge in [-0.3, -0.25) is 4.79 Å². The summed E-state index contributed by atoms with van der Waals surface area (Å²) in [5, 5.41) is 7.04. The van der Waals surface area contributed by atoms with Crippen molar-refractivity contribution < 1.29 is 36.1 Å². The number of aromatic amines is 1. The Labute approximate surface area is 305 Å². The first kappa shape index (κ1) is 35.0. The SMILES string of the molecule is Cc1nc(Nc2ncc(C(=O)Nc3c(C)cccc3Cl)s2)cc(N2CCN([I-]NC(=O)COc3cccc(-n4ccc(=O)[nH]c4=O)c3)CC2)n1. The van der Waals surface area contributed by atoms with Gasteiger partial charge in [-0.05, 0) is 18.6 Å². The van der Waals surface area contributed by atoms with Gasteiger partial charge in [-0.25, -0.2) is 0 Å². The molecule has 0 bridgehead atoms. The molecule has 260 valence electrons. The van der Waals surface area contributed by atoms with Gasteiger partial charge < -0.3 is 5.32 Å². The van der Waals surface area contributed by atoms with Crippen molar-refractivity contribution in [2.45, 2.75) is 13.8 Å². The second-order valence-corrected chi connectivity index (χ2v) is 14.8. The number of nitrogens with zero attached hydrogens (tertiary/aromatic N) is 6. The number of halogens is 2. The van der Waals surface area contributed by atoms with Crippen LogP contribution in [0.15, 0.2) is 76.6 Å². The summed E-state index contributed by atoms with van der Waals surface area (Å²) in [6, 6.07) is 15.2. The molecule has 1 saturated heterocycles. The molecule has 0 unspecified atom stereocenters. The molecule has 18 heteroatoms. The average molecular weight is 830 g/mol. The van der Waals surface area contributed by atoms with Crippen molar-refractivity contribution in [2.24, 2.45) is 0 Å². The van der Waals surface area contributed by atoms with Crippen LogP contribution >= 0.6 is 22.9 Å². The van der Waals surface area contributed by atoms with Gasteiger partial charge in [-0.1, -0.05) is 23.7 Å². The molecule has 4 N–H and O–H groups in total. The summed E-state index contributed by atoms with van der Waals surface area (Å²) >= 11 is 6.70. The number of ether oxygens (including phenoxy) is 1. The number of hydrogen-bond acceptors (Lipinski definition) is 12. The maximum atomic E-state index is 12.9. The fraction of sp³-hybridized carbons (Fsp3) is 0.219. The first-order valence-corrected chi connectivity index (χ1v) is 18.5. The predicted octanol–water partition coefficient (Wildman–Crippen LogP) is 0.275. The summed E-state index contributed by atoms with van der Waals surface area (Å²) in [6.07, 6.45) is 2.89. The molecular weight excluding hydrogens is 799 g/mol. The number of piperazine rings is 1. The Hall–Kier alpha value is -4.85. The first-order valence-electron chi connectivity index (χ1n) is 15.2. The molecule has 15 nitrogen and oxygen atoms in total. The van der Waals surface area contributed by atoms with E-state index >= 15 is 0 Å². The summed E-state index contributed by atoms with van der Waals surface area (Å²) in [4.78, 5) is 67.2. The molecule has 4 heterocycles. The van der Waals surface area contributed by atoms with Crippen LogP contribution in [0.1, 0.15) is 21.1 Å². The number of H-pyrrole nitrogens is 1. The van der Waals surface area contributed by atoms with E-state index in [0.29, 0.717) is 56.9 Å². The summed E-state index contributed by atoms with van der Waals surface area (Å²) in [5.41, 5.74) is 0.879. The van der Waals surface area contributed by atoms with E-state index in [4.69, 9.17) is 16.3 Å². The second kappa shape index (κ2) is 15.8. The standard InChI is InChI=1S/C32H31ClIN10O5S/c1-19-5-3-8-23(33)29(19)40-30(47)24-17-35-31(50-24)38-25-16-26(37-20(2)36-25)42-11-13-43(14-12-42)34-41-28(46)18-49-22-7-4-6-21(15-22)44-10-9-27(45)39-32(44)48/h3-10,15-17H,11-14,18H2,1-2H3,(H,40,47)(H,41,46)(H,39,45,48)(H,35,36,37,38)/q-1. The number of hydrogen-bond donors (Lipinski definition) is 4. The summed E-state index contributed by atoms with van der Waals surface area (Å²) in [6.45, 7) is 6.43. The second-order valence-electron chi connectivity index (χ2n) is 11.0. The molecule has 50 heavy (non-hydrogen) atoms. The topological polar surface area (TPSA) is 179 Å². The first-order chi connectivity index (χ1) is 24.1. The number of anilines is 4. The number of amides is 2. The molecule has 0 atom stereocenters. The van der Waals surface area contributed by atoms with Crippen molar-refractivity contribution in [3.8, 4) is 11.4 Å². The number of nitrogens with one attached hydrogen (secondary N) is 4. The van der Waals surface area contributed by atoms with Crippen LogP contribution in [0.4, 0.5) is 22.5 Å². The number of thiazole rings is 1. The third-order valence-corrected chi connectivity index (χ3v) is 11.1. The van der Waals surface area contributed by atoms with Crippen molar-refractivity contribution in [3.05, 3.63) is 109 Å². The van der Waals surface area contributed by atoms with Crippen LogP contribution in [0.5, 0.6) is 5.75 Å². The van der Waals surface area contributed by atoms with Gasteiger partial charge in [0, 0.05) is 0 Å². The fourth-order valence-corrected chi connectivity index (χ4v) is 7.58. The van der Waals surface area contributed by atoms with E-state index in [1.54, 1.807) is 30.3 Å². The Morgan fingerprint density at radius 1 is 1.04 bits per heavy atom. The van der Waals surface area contributed by atoms with Crippen LogP contribution in [0.2, 0.25) is 5.02 Å². The van der Waals surface area contributed by atoms with Gasteiger partial charge in [0.2, 0.25) is 0 Å². The van der Waals surface area contributed by atoms with Crippen molar-refractivity contribution in [3.63, 3.8) is 0 Å². The molecule has 1 aliphatic heterocycles. The maximum absolute atomic E-state index is 12.9. The number of aryl methyl sites for hydroxylation is 2. The van der Waals surface area contributed by atoms with Gasteiger partial charge in [0.15, 0.2) is 0 Å². The van der Waals surface area contributed by atoms with E-state index in [-0.39, 0.29) is 18.4 Å². The van der Waals surface area contributed by atoms with Gasteiger partial charge in [0.25, 0.3) is 0 Å². The Morgan fingerprint density at radius 2 is 1.84 bits per heavy atom. The Kier molecular flexibility index (Phi) is 11.1. The number of carbonyl (C=O) groups excluding carboxylic acids is 2. The van der Waals surface area contributed by atoms with Gasteiger partial charge in [-0.15, -0.1) is 0 Å². The monoisotopic (exact) mass is 829 g/mol. The molecular formula is C32H31ClIN10O5S-. The van der Waals surface area contributed by atoms with Gasteiger partial charge in [0.05, 0.1) is 10.7 Å². The third kappa shape index (κ3) is 8.84. The summed E-state index contributed by atoms with van der Waals surface area (Å²) in [5.74, 6) is 1.80. The van der Waals surface area contributed by atoms with Crippen LogP contribution < -0.4 is 56.8 Å². The molecule has 0 aliphatic carbocycles. The molecule has 0 spiro atoms. The zero-order valence-electron chi connectivity index (χ0n) is 26.8. The van der Waals surface area contributed by atoms with E-state index in [1.165, 1.54) is 34.4 Å². The third-order valence-electron chi connectivity index (χ3n) is 7.36. The zero-order valence-corrected chi connectivity index (χ0v) is 30.5. The Morgan fingerprint density at radius 3 is 2.62 bits per heavy atom. The summed E-state index contributed by atoms with van der Waals surface area (Å²) in [7, 11) is 0. The molecule has 0 saturated carbocycles. The molecule has 2 amide bonds. The molecule has 2 aromatic carbocycles. The van der Waals surface area contributed by atoms with Crippen LogP contribution in [-0.4, -0.2) is 72.2 Å². The molecule has 3 aromatic heterocycles. The van der Waals surface area contributed by atoms with Crippen LogP contribution in [0.25, 0.3) is 5.69 Å². The molecule has 0 radical (unpaired) electrons. The molecule has 5 aromatic rings. The Balaban J connectivity index is 0.970. The van der Waals surface area contributed by atoms with Crippen molar-refractivity contribution >= 4 is 57.2 Å². The van der Waals surface area contributed by atoms with Gasteiger partial charge in [-0.2, -0.15) is 0 Å². The fourth-order valence-electron chi connectivity index (χ4n) is 4.91. The quantitative estimate of drug-likeness (QED) is 0.106. The number of aromatic nitrogens is 5. The van der Waals surface area contributed by atoms with Crippen molar-refractivity contribution in [1.82, 2.24) is 31.1 Å². The number of benzene rings is 2. The van der Waals surface area contributed by atoms with Crippen molar-refractivity contribution in [1.29, 1.82) is 0 Å². The summed E-state index contributed by atoms with van der Waals surface area (Å²) < 4.78 is 12.2. The van der Waals surface area contributed by atoms with E-state index < -0.39 is 33.0 Å². The number of para-hydroxylation sites is 1. The number of rotatable bonds is 11. The molecule has 6 rings (SSSR count). The van der Waals surface area contributed by atoms with E-state index in [9.17, 15) is 19.2 Å². The van der Waals surface area contributed by atoms with Crippen LogP contribution in [-0.2, 0) is 4.79 Å². The predicted molar refractivity (Wildman–Crippen MR) is 186 cm³/mol. The van der Waals surface area contributed by atoms with Crippen LogP contribution in [0.3, 0.4) is 0 Å². The van der Waals surface area contributed by atoms with E-state index in [2.05, 4.69) is 42.1 Å². The normalized spacial score (nSPS) is 13.2. The minimum atomic E-state index is -0.774.